The molecule has 0 spiro atoms. The van der Waals surface area contributed by atoms with Crippen molar-refractivity contribution in [1.29, 1.82) is 0 Å². The van der Waals surface area contributed by atoms with E-state index >= 15 is 0 Å². The van der Waals surface area contributed by atoms with Gasteiger partial charge in [0.15, 0.2) is 0 Å². The molecule has 2 atom stereocenters. The second-order valence-electron chi connectivity index (χ2n) is 20.0. The third-order valence-corrected chi connectivity index (χ3v) is 13.3. The molecule has 1 amide bonds. The van der Waals surface area contributed by atoms with E-state index in [4.69, 9.17) is 4.74 Å². The maximum atomic E-state index is 12.4. The number of rotatable bonds is 54. The van der Waals surface area contributed by atoms with E-state index in [1.165, 1.54) is 212 Å². The highest BCUT2D eigenvalue weighted by Gasteiger charge is 2.18. The Hall–Kier alpha value is -2.18. The standard InChI is InChI=1S/C61H113NO5/c1-3-5-7-9-11-13-14-15-16-17-26-29-32-35-39-43-47-51-55-61(66)67-56-52-48-44-40-36-33-30-27-24-22-20-18-19-21-23-25-28-31-34-38-42-46-50-54-60(65)62-58(57-63)59(64)53-49-45-41-37-12-10-8-6-4-2/h16-18,20-21,23,49,53,58-59,63-64H,3-15,19,22,24-48,50-52,54-57H2,1-2H3,(H,62,65)/b17-16-,20-18-,23-21-,53-49+. The fraction of sp³-hybridized carbons (Fsp3) is 0.836. The molecule has 0 aliphatic heterocycles. The van der Waals surface area contributed by atoms with Crippen molar-refractivity contribution in [3.05, 3.63) is 48.6 Å². The van der Waals surface area contributed by atoms with Crippen LogP contribution in [0.25, 0.3) is 0 Å². The summed E-state index contributed by atoms with van der Waals surface area (Å²) in [7, 11) is 0. The second kappa shape index (κ2) is 56.4. The van der Waals surface area contributed by atoms with Crippen molar-refractivity contribution in [3.8, 4) is 0 Å². The number of amides is 1. The molecule has 67 heavy (non-hydrogen) atoms. The van der Waals surface area contributed by atoms with Gasteiger partial charge in [0, 0.05) is 12.8 Å². The predicted molar refractivity (Wildman–Crippen MR) is 292 cm³/mol. The summed E-state index contributed by atoms with van der Waals surface area (Å²) in [4.78, 5) is 24.4. The molecule has 0 bridgehead atoms. The van der Waals surface area contributed by atoms with Gasteiger partial charge in [0.05, 0.1) is 25.4 Å². The number of hydrogen-bond acceptors (Lipinski definition) is 5. The van der Waals surface area contributed by atoms with E-state index in [1.54, 1.807) is 6.08 Å². The summed E-state index contributed by atoms with van der Waals surface area (Å²) in [6.45, 7) is 4.86. The van der Waals surface area contributed by atoms with Gasteiger partial charge in [-0.2, -0.15) is 0 Å². The quantitative estimate of drug-likeness (QED) is 0.0321. The molecule has 6 heteroatoms. The van der Waals surface area contributed by atoms with E-state index in [-0.39, 0.29) is 18.5 Å². The topological polar surface area (TPSA) is 95.9 Å². The van der Waals surface area contributed by atoms with Crippen molar-refractivity contribution in [3.63, 3.8) is 0 Å². The van der Waals surface area contributed by atoms with E-state index < -0.39 is 12.1 Å². The lowest BCUT2D eigenvalue weighted by molar-refractivity contribution is -0.143. The lowest BCUT2D eigenvalue weighted by Gasteiger charge is -2.20. The lowest BCUT2D eigenvalue weighted by Crippen LogP contribution is -2.45. The average molecular weight is 941 g/mol. The van der Waals surface area contributed by atoms with Gasteiger partial charge in [-0.15, -0.1) is 0 Å². The van der Waals surface area contributed by atoms with Gasteiger partial charge < -0.3 is 20.3 Å². The van der Waals surface area contributed by atoms with Crippen LogP contribution in [0.15, 0.2) is 48.6 Å². The van der Waals surface area contributed by atoms with Crippen LogP contribution in [0, 0.1) is 0 Å². The second-order valence-corrected chi connectivity index (χ2v) is 20.0. The summed E-state index contributed by atoms with van der Waals surface area (Å²) < 4.78 is 5.49. The van der Waals surface area contributed by atoms with Crippen molar-refractivity contribution in [2.24, 2.45) is 0 Å². The van der Waals surface area contributed by atoms with Crippen LogP contribution < -0.4 is 5.32 Å². The number of esters is 1. The van der Waals surface area contributed by atoms with Gasteiger partial charge in [0.2, 0.25) is 5.91 Å². The molecular formula is C61H113NO5. The first kappa shape index (κ1) is 64.8. The summed E-state index contributed by atoms with van der Waals surface area (Å²) >= 11 is 0. The zero-order valence-electron chi connectivity index (χ0n) is 44.6. The first-order chi connectivity index (χ1) is 33.0. The monoisotopic (exact) mass is 940 g/mol. The summed E-state index contributed by atoms with van der Waals surface area (Å²) in [6.07, 6.45) is 71.5. The van der Waals surface area contributed by atoms with E-state index in [0.29, 0.717) is 19.4 Å². The number of carbonyl (C=O) groups is 2. The molecule has 0 saturated carbocycles. The highest BCUT2D eigenvalue weighted by Crippen LogP contribution is 2.15. The van der Waals surface area contributed by atoms with Crippen LogP contribution in [0.2, 0.25) is 0 Å². The fourth-order valence-electron chi connectivity index (χ4n) is 8.78. The van der Waals surface area contributed by atoms with Crippen LogP contribution in [0.5, 0.6) is 0 Å². The minimum Gasteiger partial charge on any atom is -0.466 e. The molecule has 0 rings (SSSR count). The molecule has 0 aromatic heterocycles. The number of hydrogen-bond donors (Lipinski definition) is 3. The molecule has 0 fully saturated rings. The zero-order chi connectivity index (χ0) is 48.6. The molecule has 3 N–H and O–H groups in total. The Balaban J connectivity index is 3.43. The molecule has 0 saturated heterocycles. The molecule has 0 aliphatic carbocycles. The molecule has 0 aromatic carbocycles. The first-order valence-corrected chi connectivity index (χ1v) is 29.4. The molecular weight excluding hydrogens is 827 g/mol. The molecule has 2 unspecified atom stereocenters. The molecule has 0 aliphatic rings. The third kappa shape index (κ3) is 53.0. The minimum atomic E-state index is -0.849. The maximum Gasteiger partial charge on any atom is 0.305 e. The van der Waals surface area contributed by atoms with Crippen LogP contribution in [-0.4, -0.2) is 47.4 Å². The predicted octanol–water partition coefficient (Wildman–Crippen LogP) is 18.2. The third-order valence-electron chi connectivity index (χ3n) is 13.3. The Bertz CT molecular complexity index is 1130. The van der Waals surface area contributed by atoms with Crippen LogP contribution in [0.4, 0.5) is 0 Å². The van der Waals surface area contributed by atoms with Crippen LogP contribution in [-0.2, 0) is 14.3 Å². The molecule has 0 heterocycles. The van der Waals surface area contributed by atoms with Gasteiger partial charge in [-0.05, 0) is 89.9 Å². The fourth-order valence-corrected chi connectivity index (χ4v) is 8.78. The smallest absolute Gasteiger partial charge is 0.305 e. The largest absolute Gasteiger partial charge is 0.466 e. The van der Waals surface area contributed by atoms with Gasteiger partial charge in [0.25, 0.3) is 0 Å². The Morgan fingerprint density at radius 3 is 1.15 bits per heavy atom. The maximum absolute atomic E-state index is 12.4. The van der Waals surface area contributed by atoms with Crippen molar-refractivity contribution >= 4 is 11.9 Å². The van der Waals surface area contributed by atoms with Gasteiger partial charge in [-0.1, -0.05) is 249 Å². The van der Waals surface area contributed by atoms with Gasteiger partial charge in [-0.3, -0.25) is 9.59 Å². The number of nitrogens with one attached hydrogen (secondary N) is 1. The number of ether oxygens (including phenoxy) is 1. The normalized spacial score (nSPS) is 13.0. The van der Waals surface area contributed by atoms with Gasteiger partial charge >= 0.3 is 5.97 Å². The van der Waals surface area contributed by atoms with E-state index in [9.17, 15) is 19.8 Å². The highest BCUT2D eigenvalue weighted by molar-refractivity contribution is 5.76. The average Bonchev–Trinajstić information content (AvgIpc) is 3.33. The van der Waals surface area contributed by atoms with Crippen molar-refractivity contribution in [2.75, 3.05) is 13.2 Å². The Morgan fingerprint density at radius 2 is 0.746 bits per heavy atom. The minimum absolute atomic E-state index is 0.00295. The number of aliphatic hydroxyl groups is 2. The van der Waals surface area contributed by atoms with Crippen LogP contribution in [0.1, 0.15) is 303 Å². The van der Waals surface area contributed by atoms with Crippen molar-refractivity contribution in [1.82, 2.24) is 5.32 Å². The van der Waals surface area contributed by atoms with Gasteiger partial charge in [-0.25, -0.2) is 0 Å². The Kier molecular flexibility index (Phi) is 54.6. The number of aliphatic hydroxyl groups excluding tert-OH is 2. The first-order valence-electron chi connectivity index (χ1n) is 29.4. The number of allylic oxidation sites excluding steroid dienone is 7. The molecule has 392 valence electrons. The Morgan fingerprint density at radius 1 is 0.418 bits per heavy atom. The summed E-state index contributed by atoms with van der Waals surface area (Å²) in [5, 5.41) is 22.9. The van der Waals surface area contributed by atoms with E-state index in [0.717, 1.165) is 64.2 Å². The summed E-state index contributed by atoms with van der Waals surface area (Å²) in [6, 6.07) is -0.634. The van der Waals surface area contributed by atoms with E-state index in [1.807, 2.05) is 6.08 Å². The van der Waals surface area contributed by atoms with E-state index in [2.05, 4.69) is 55.6 Å². The van der Waals surface area contributed by atoms with Crippen molar-refractivity contribution in [2.45, 2.75) is 315 Å². The number of unbranched alkanes of at least 4 members (excludes halogenated alkanes) is 37. The summed E-state index contributed by atoms with van der Waals surface area (Å²) in [5.74, 6) is -0.0789. The molecule has 0 radical (unpaired) electrons. The van der Waals surface area contributed by atoms with Crippen LogP contribution >= 0.6 is 0 Å². The van der Waals surface area contributed by atoms with Crippen molar-refractivity contribution < 1.29 is 24.5 Å². The zero-order valence-corrected chi connectivity index (χ0v) is 44.6. The summed E-state index contributed by atoms with van der Waals surface area (Å²) in [5.41, 5.74) is 0. The molecule has 6 nitrogen and oxygen atoms in total. The SMILES string of the molecule is CCCCCCCCC/C=C\CCCCCCCCCC(=O)OCCCCCCCCCCC/C=C\C/C=C\CCCCCCCCCC(=O)NC(CO)C(O)/C=C/CCCCCCCCC. The number of carbonyl (C=O) groups excluding carboxylic acids is 2. The van der Waals surface area contributed by atoms with Gasteiger partial charge in [0.1, 0.15) is 0 Å². The lowest BCUT2D eigenvalue weighted by atomic mass is 10.1. The Labute approximate surface area is 416 Å². The van der Waals surface area contributed by atoms with Crippen LogP contribution in [0.3, 0.4) is 0 Å². The molecule has 0 aromatic rings. The highest BCUT2D eigenvalue weighted by atomic mass is 16.5.